The maximum atomic E-state index is 14.5. The van der Waals surface area contributed by atoms with Gasteiger partial charge in [-0.1, -0.05) is 66.7 Å². The van der Waals surface area contributed by atoms with Gasteiger partial charge in [0.15, 0.2) is 0 Å². The molecule has 1 aliphatic heterocycles. The number of aryl methyl sites for hydroxylation is 1. The lowest BCUT2D eigenvalue weighted by Gasteiger charge is -2.37. The Morgan fingerprint density at radius 2 is 1.66 bits per heavy atom. The number of amides is 2. The summed E-state index contributed by atoms with van der Waals surface area (Å²) in [7, 11) is 1.87. The molecule has 3 aromatic carbocycles. The number of aromatic nitrogens is 4. The molecule has 44 heavy (non-hydrogen) atoms. The summed E-state index contributed by atoms with van der Waals surface area (Å²) >= 11 is 0. The average Bonchev–Trinajstić information content (AvgIpc) is 3.72. The molecule has 0 radical (unpaired) electrons. The third kappa shape index (κ3) is 6.39. The Morgan fingerprint density at radius 1 is 0.909 bits per heavy atom. The summed E-state index contributed by atoms with van der Waals surface area (Å²) in [4.78, 5) is 32.2. The van der Waals surface area contributed by atoms with Crippen LogP contribution < -0.4 is 0 Å². The molecule has 222 valence electrons. The van der Waals surface area contributed by atoms with E-state index in [-0.39, 0.29) is 18.4 Å². The van der Waals surface area contributed by atoms with Crippen molar-refractivity contribution in [1.82, 2.24) is 29.4 Å². The van der Waals surface area contributed by atoms with Crippen LogP contribution in [-0.2, 0) is 42.6 Å². The second-order valence-electron chi connectivity index (χ2n) is 11.2. The standard InChI is InChI=1S/C36H36N6O2/c1-27-31(24-38-39(27)2)15-18-35(43)41(25-29-13-16-33(17-14-29)42-21-8-20-37-42)34(23-28-9-4-3-5-10-28)36(44)40-22-19-30-11-6-7-12-32(30)26-40/h3-18,20-21,24,34H,19,22-23,25-26H2,1-2H3. The van der Waals surface area contributed by atoms with Gasteiger partial charge in [-0.3, -0.25) is 14.3 Å². The fourth-order valence-corrected chi connectivity index (χ4v) is 5.71. The fourth-order valence-electron chi connectivity index (χ4n) is 5.71. The molecular weight excluding hydrogens is 548 g/mol. The Bertz CT molecular complexity index is 1760. The number of carbonyl (C=O) groups excluding carboxylic acids is 2. The maximum absolute atomic E-state index is 14.5. The van der Waals surface area contributed by atoms with Gasteiger partial charge in [-0.2, -0.15) is 10.2 Å². The number of carbonyl (C=O) groups is 2. The molecule has 0 fully saturated rings. The average molecular weight is 585 g/mol. The molecule has 5 aromatic rings. The Balaban J connectivity index is 1.35. The highest BCUT2D eigenvalue weighted by Crippen LogP contribution is 2.23. The van der Waals surface area contributed by atoms with Crippen molar-refractivity contribution in [3.63, 3.8) is 0 Å². The highest BCUT2D eigenvalue weighted by atomic mass is 16.2. The van der Waals surface area contributed by atoms with Crippen LogP contribution in [0, 0.1) is 6.92 Å². The summed E-state index contributed by atoms with van der Waals surface area (Å²) in [6.07, 6.45) is 9.94. The van der Waals surface area contributed by atoms with Crippen LogP contribution in [-0.4, -0.2) is 53.8 Å². The maximum Gasteiger partial charge on any atom is 0.247 e. The lowest BCUT2D eigenvalue weighted by atomic mass is 9.97. The molecule has 6 rings (SSSR count). The Hall–Kier alpha value is -5.24. The van der Waals surface area contributed by atoms with E-state index < -0.39 is 6.04 Å². The smallest absolute Gasteiger partial charge is 0.247 e. The zero-order valence-electron chi connectivity index (χ0n) is 25.1. The summed E-state index contributed by atoms with van der Waals surface area (Å²) in [5.74, 6) is -0.271. The molecule has 1 aliphatic rings. The summed E-state index contributed by atoms with van der Waals surface area (Å²) in [5.41, 5.74) is 7.10. The van der Waals surface area contributed by atoms with E-state index in [1.165, 1.54) is 5.56 Å². The second kappa shape index (κ2) is 13.0. The molecular formula is C36H36N6O2. The molecule has 0 spiro atoms. The van der Waals surface area contributed by atoms with Crippen molar-refractivity contribution in [2.75, 3.05) is 6.54 Å². The number of nitrogens with zero attached hydrogens (tertiary/aromatic N) is 6. The third-order valence-electron chi connectivity index (χ3n) is 8.40. The Labute approximate surface area is 257 Å². The monoisotopic (exact) mass is 584 g/mol. The number of benzene rings is 3. The van der Waals surface area contributed by atoms with E-state index in [4.69, 9.17) is 0 Å². The first-order chi connectivity index (χ1) is 21.5. The zero-order chi connectivity index (χ0) is 30.5. The molecule has 8 heteroatoms. The summed E-state index contributed by atoms with van der Waals surface area (Å²) < 4.78 is 3.57. The van der Waals surface area contributed by atoms with Gasteiger partial charge in [-0.05, 0) is 59.9 Å². The minimum atomic E-state index is -0.694. The number of fused-ring (bicyclic) bond motifs is 1. The molecule has 0 N–H and O–H groups in total. The third-order valence-corrected chi connectivity index (χ3v) is 8.40. The van der Waals surface area contributed by atoms with Gasteiger partial charge in [0.05, 0.1) is 11.9 Å². The van der Waals surface area contributed by atoms with Gasteiger partial charge in [0.2, 0.25) is 11.8 Å². The molecule has 0 saturated heterocycles. The molecule has 1 unspecified atom stereocenters. The van der Waals surface area contributed by atoms with E-state index in [0.717, 1.165) is 40.1 Å². The molecule has 1 atom stereocenters. The number of rotatable bonds is 9. The quantitative estimate of drug-likeness (QED) is 0.225. The van der Waals surface area contributed by atoms with Crippen LogP contribution in [0.5, 0.6) is 0 Å². The van der Waals surface area contributed by atoms with Crippen LogP contribution in [0.25, 0.3) is 11.8 Å². The van der Waals surface area contributed by atoms with Crippen LogP contribution in [0.4, 0.5) is 0 Å². The SMILES string of the molecule is Cc1c(C=CC(=O)N(Cc2ccc(-n3cccn3)cc2)C(Cc2ccccc2)C(=O)N2CCc3ccccc3C2)cnn1C. The topological polar surface area (TPSA) is 76.3 Å². The first kappa shape index (κ1) is 28.9. The van der Waals surface area contributed by atoms with Crippen molar-refractivity contribution < 1.29 is 9.59 Å². The second-order valence-corrected chi connectivity index (χ2v) is 11.2. The van der Waals surface area contributed by atoms with Crippen molar-refractivity contribution in [3.8, 4) is 5.69 Å². The minimum absolute atomic E-state index is 0.0455. The van der Waals surface area contributed by atoms with Gasteiger partial charge in [0.1, 0.15) is 6.04 Å². The normalized spacial score (nSPS) is 13.5. The van der Waals surface area contributed by atoms with E-state index in [1.807, 2.05) is 97.9 Å². The highest BCUT2D eigenvalue weighted by molar-refractivity contribution is 5.96. The molecule has 2 amide bonds. The van der Waals surface area contributed by atoms with Crippen LogP contribution in [0.15, 0.2) is 110 Å². The van der Waals surface area contributed by atoms with Crippen LogP contribution in [0.2, 0.25) is 0 Å². The summed E-state index contributed by atoms with van der Waals surface area (Å²) in [6.45, 7) is 3.40. The van der Waals surface area contributed by atoms with E-state index in [9.17, 15) is 9.59 Å². The number of hydrogen-bond acceptors (Lipinski definition) is 4. The van der Waals surface area contributed by atoms with Crippen LogP contribution >= 0.6 is 0 Å². The fraction of sp³-hybridized carbons (Fsp3) is 0.222. The van der Waals surface area contributed by atoms with Gasteiger partial charge in [-0.25, -0.2) is 4.68 Å². The first-order valence-corrected chi connectivity index (χ1v) is 14.9. The van der Waals surface area contributed by atoms with Gasteiger partial charge < -0.3 is 9.80 Å². The summed E-state index contributed by atoms with van der Waals surface area (Å²) in [5, 5.41) is 8.63. The van der Waals surface area contributed by atoms with Crippen LogP contribution in [0.3, 0.4) is 0 Å². The lowest BCUT2D eigenvalue weighted by Crippen LogP contribution is -2.52. The molecule has 8 nitrogen and oxygen atoms in total. The molecule has 0 saturated carbocycles. The van der Waals surface area contributed by atoms with Crippen molar-refractivity contribution in [2.24, 2.45) is 7.05 Å². The molecule has 3 heterocycles. The van der Waals surface area contributed by atoms with E-state index in [0.29, 0.717) is 19.5 Å². The Kier molecular flexibility index (Phi) is 8.50. The van der Waals surface area contributed by atoms with Crippen molar-refractivity contribution in [2.45, 2.75) is 38.9 Å². The summed E-state index contributed by atoms with van der Waals surface area (Å²) in [6, 6.07) is 27.4. The van der Waals surface area contributed by atoms with E-state index >= 15 is 0 Å². The van der Waals surface area contributed by atoms with Crippen LogP contribution in [0.1, 0.15) is 33.5 Å². The predicted molar refractivity (Wildman–Crippen MR) is 171 cm³/mol. The van der Waals surface area contributed by atoms with Crippen molar-refractivity contribution >= 4 is 17.9 Å². The molecule has 2 aromatic heterocycles. The number of hydrogen-bond donors (Lipinski definition) is 0. The minimum Gasteiger partial charge on any atom is -0.336 e. The largest absolute Gasteiger partial charge is 0.336 e. The van der Waals surface area contributed by atoms with Gasteiger partial charge in [-0.15, -0.1) is 0 Å². The molecule has 0 bridgehead atoms. The first-order valence-electron chi connectivity index (χ1n) is 14.9. The lowest BCUT2D eigenvalue weighted by molar-refractivity contribution is -0.144. The molecule has 0 aliphatic carbocycles. The van der Waals surface area contributed by atoms with Crippen molar-refractivity contribution in [3.05, 3.63) is 143 Å². The van der Waals surface area contributed by atoms with Gasteiger partial charge in [0, 0.05) is 62.8 Å². The predicted octanol–water partition coefficient (Wildman–Crippen LogP) is 5.15. The van der Waals surface area contributed by atoms with Gasteiger partial charge in [0.25, 0.3) is 0 Å². The van der Waals surface area contributed by atoms with Gasteiger partial charge >= 0.3 is 0 Å². The highest BCUT2D eigenvalue weighted by Gasteiger charge is 2.34. The van der Waals surface area contributed by atoms with E-state index in [2.05, 4.69) is 22.3 Å². The van der Waals surface area contributed by atoms with E-state index in [1.54, 1.807) is 38.8 Å². The van der Waals surface area contributed by atoms with Crippen molar-refractivity contribution in [1.29, 1.82) is 0 Å². The zero-order valence-corrected chi connectivity index (χ0v) is 25.1. The Morgan fingerprint density at radius 3 is 2.36 bits per heavy atom.